The van der Waals surface area contributed by atoms with Crippen LogP contribution >= 0.6 is 35.0 Å². The van der Waals surface area contributed by atoms with E-state index in [0.717, 1.165) is 29.0 Å². The lowest BCUT2D eigenvalue weighted by molar-refractivity contribution is -0.119. The van der Waals surface area contributed by atoms with Crippen molar-refractivity contribution >= 4 is 40.9 Å². The summed E-state index contributed by atoms with van der Waals surface area (Å²) in [5, 5.41) is 13.7. The van der Waals surface area contributed by atoms with Gasteiger partial charge in [0.05, 0.1) is 33.6 Å². The molecule has 1 heterocycles. The molecule has 0 radical (unpaired) electrons. The second-order valence-corrected chi connectivity index (χ2v) is 9.04. The normalized spacial score (nSPS) is 10.9. The molecule has 0 spiro atoms. The molecule has 172 valence electrons. The van der Waals surface area contributed by atoms with Crippen LogP contribution in [0.2, 0.25) is 10.0 Å². The predicted molar refractivity (Wildman–Crippen MR) is 135 cm³/mol. The summed E-state index contributed by atoms with van der Waals surface area (Å²) >= 11 is 13.1. The summed E-state index contributed by atoms with van der Waals surface area (Å²) in [6.45, 7) is 0. The Morgan fingerprint density at radius 3 is 2.15 bits per heavy atom. The fourth-order valence-electron chi connectivity index (χ4n) is 3.39. The molecule has 6 nitrogen and oxygen atoms in total. The molecule has 0 atom stereocenters. The monoisotopic (exact) mass is 511 g/mol. The second-order valence-electron chi connectivity index (χ2n) is 7.28. The predicted octanol–water partition coefficient (Wildman–Crippen LogP) is 5.24. The number of rotatable bonds is 7. The number of halogens is 2. The van der Waals surface area contributed by atoms with Gasteiger partial charge in [0, 0.05) is 0 Å². The number of nitrogens with zero attached hydrogens (tertiary/aromatic N) is 2. The highest BCUT2D eigenvalue weighted by Gasteiger charge is 2.19. The molecule has 9 heteroatoms. The van der Waals surface area contributed by atoms with E-state index in [2.05, 4.69) is 10.3 Å². The second kappa shape index (κ2) is 10.8. The highest BCUT2D eigenvalue weighted by molar-refractivity contribution is 7.99. The molecule has 2 N–H and O–H groups in total. The fraction of sp³-hybridized carbons (Fsp3) is 0.0800. The summed E-state index contributed by atoms with van der Waals surface area (Å²) < 4.78 is 1.27. The lowest BCUT2D eigenvalue weighted by atomic mass is 9.99. The van der Waals surface area contributed by atoms with Gasteiger partial charge in [-0.25, -0.2) is 0 Å². The SMILES string of the molecule is O=C(CSc1nc(O)cc(=O)n1-c1ccc(Cl)c(Cl)c1)NC(c1ccccc1)c1ccccc1. The van der Waals surface area contributed by atoms with Gasteiger partial charge in [-0.15, -0.1) is 0 Å². The lowest BCUT2D eigenvalue weighted by Gasteiger charge is -2.20. The minimum atomic E-state index is -0.514. The highest BCUT2D eigenvalue weighted by atomic mass is 35.5. The zero-order valence-corrected chi connectivity index (χ0v) is 20.0. The van der Waals surface area contributed by atoms with E-state index in [4.69, 9.17) is 23.2 Å². The Labute approximate surface area is 210 Å². The molecular weight excluding hydrogens is 493 g/mol. The van der Waals surface area contributed by atoms with Crippen molar-refractivity contribution in [3.05, 3.63) is 116 Å². The summed E-state index contributed by atoms with van der Waals surface area (Å²) in [7, 11) is 0. The van der Waals surface area contributed by atoms with Gasteiger partial charge in [0.1, 0.15) is 0 Å². The number of thioether (sulfide) groups is 1. The standard InChI is InChI=1S/C25H19Cl2N3O3S/c26-19-12-11-18(13-20(19)27)30-23(33)14-21(31)29-25(30)34-15-22(32)28-24(16-7-3-1-4-8-16)17-9-5-2-6-10-17/h1-14,24,31H,15H2,(H,28,32). The Bertz CT molecular complexity index is 1330. The Hall–Kier alpha value is -3.26. The Balaban J connectivity index is 1.58. The molecule has 4 rings (SSSR count). The molecule has 0 aliphatic heterocycles. The van der Waals surface area contributed by atoms with Crippen molar-refractivity contribution in [2.75, 3.05) is 5.75 Å². The number of hydrogen-bond donors (Lipinski definition) is 2. The van der Waals surface area contributed by atoms with Crippen LogP contribution in [0.3, 0.4) is 0 Å². The average Bonchev–Trinajstić information content (AvgIpc) is 2.84. The Morgan fingerprint density at radius 2 is 1.56 bits per heavy atom. The van der Waals surface area contributed by atoms with Gasteiger partial charge in [0.15, 0.2) is 5.16 Å². The summed E-state index contributed by atoms with van der Waals surface area (Å²) in [5.74, 6) is -0.732. The van der Waals surface area contributed by atoms with Crippen molar-refractivity contribution in [2.45, 2.75) is 11.2 Å². The number of aromatic nitrogens is 2. The van der Waals surface area contributed by atoms with E-state index in [1.54, 1.807) is 12.1 Å². The van der Waals surface area contributed by atoms with Crippen molar-refractivity contribution in [3.63, 3.8) is 0 Å². The summed E-state index contributed by atoms with van der Waals surface area (Å²) in [4.78, 5) is 29.6. The van der Waals surface area contributed by atoms with Gasteiger partial charge in [-0.2, -0.15) is 4.98 Å². The first-order valence-corrected chi connectivity index (χ1v) is 12.0. The van der Waals surface area contributed by atoms with Crippen LogP contribution in [-0.4, -0.2) is 26.3 Å². The molecule has 0 fully saturated rings. The van der Waals surface area contributed by atoms with Crippen LogP contribution in [0.1, 0.15) is 17.2 Å². The van der Waals surface area contributed by atoms with Gasteiger partial charge >= 0.3 is 0 Å². The lowest BCUT2D eigenvalue weighted by Crippen LogP contribution is -2.31. The van der Waals surface area contributed by atoms with Crippen LogP contribution in [-0.2, 0) is 4.79 Å². The van der Waals surface area contributed by atoms with E-state index in [9.17, 15) is 14.7 Å². The van der Waals surface area contributed by atoms with Crippen LogP contribution in [0, 0.1) is 0 Å². The molecular formula is C25H19Cl2N3O3S. The highest BCUT2D eigenvalue weighted by Crippen LogP contribution is 2.27. The number of benzene rings is 3. The zero-order chi connectivity index (χ0) is 24.1. The number of aromatic hydroxyl groups is 1. The molecule has 1 amide bonds. The van der Waals surface area contributed by atoms with Gasteiger partial charge in [0.25, 0.3) is 5.56 Å². The zero-order valence-electron chi connectivity index (χ0n) is 17.7. The first-order chi connectivity index (χ1) is 16.4. The van der Waals surface area contributed by atoms with E-state index in [1.807, 2.05) is 60.7 Å². The van der Waals surface area contributed by atoms with Gasteiger partial charge < -0.3 is 10.4 Å². The topological polar surface area (TPSA) is 84.2 Å². The third kappa shape index (κ3) is 5.62. The Morgan fingerprint density at radius 1 is 0.941 bits per heavy atom. The maximum atomic E-state index is 12.9. The molecule has 0 saturated carbocycles. The van der Waals surface area contributed by atoms with Crippen molar-refractivity contribution in [2.24, 2.45) is 0 Å². The van der Waals surface area contributed by atoms with E-state index in [-0.39, 0.29) is 27.9 Å². The van der Waals surface area contributed by atoms with E-state index >= 15 is 0 Å². The number of amides is 1. The summed E-state index contributed by atoms with van der Waals surface area (Å²) in [5.41, 5.74) is 1.78. The quantitative estimate of drug-likeness (QED) is 0.261. The smallest absolute Gasteiger partial charge is 0.262 e. The molecule has 4 aromatic rings. The van der Waals surface area contributed by atoms with Crippen LogP contribution in [0.4, 0.5) is 0 Å². The molecule has 0 unspecified atom stereocenters. The maximum absolute atomic E-state index is 12.9. The number of carbonyl (C=O) groups is 1. The van der Waals surface area contributed by atoms with Crippen LogP contribution in [0.15, 0.2) is 94.9 Å². The van der Waals surface area contributed by atoms with Crippen molar-refractivity contribution < 1.29 is 9.90 Å². The fourth-order valence-corrected chi connectivity index (χ4v) is 4.51. The molecule has 0 aliphatic rings. The third-order valence-electron chi connectivity index (χ3n) is 4.94. The number of hydrogen-bond acceptors (Lipinski definition) is 5. The van der Waals surface area contributed by atoms with Gasteiger partial charge in [0.2, 0.25) is 11.8 Å². The van der Waals surface area contributed by atoms with E-state index in [1.165, 1.54) is 10.6 Å². The van der Waals surface area contributed by atoms with Crippen LogP contribution in [0.5, 0.6) is 5.88 Å². The van der Waals surface area contributed by atoms with Crippen LogP contribution < -0.4 is 10.9 Å². The number of carbonyl (C=O) groups excluding carboxylic acids is 1. The molecule has 3 aromatic carbocycles. The molecule has 1 aromatic heterocycles. The van der Waals surface area contributed by atoms with Gasteiger partial charge in [-0.1, -0.05) is 95.6 Å². The molecule has 0 bridgehead atoms. The molecule has 0 saturated heterocycles. The third-order valence-corrected chi connectivity index (χ3v) is 6.62. The van der Waals surface area contributed by atoms with Crippen LogP contribution in [0.25, 0.3) is 5.69 Å². The first-order valence-electron chi connectivity index (χ1n) is 10.2. The van der Waals surface area contributed by atoms with Gasteiger partial charge in [-0.3, -0.25) is 14.2 Å². The minimum Gasteiger partial charge on any atom is -0.493 e. The van der Waals surface area contributed by atoms with Crippen molar-refractivity contribution in [1.82, 2.24) is 14.9 Å². The Kier molecular flexibility index (Phi) is 7.57. The molecule has 34 heavy (non-hydrogen) atoms. The molecule has 0 aliphatic carbocycles. The largest absolute Gasteiger partial charge is 0.493 e. The summed E-state index contributed by atoms with van der Waals surface area (Å²) in [6, 6.07) is 24.6. The summed E-state index contributed by atoms with van der Waals surface area (Å²) in [6.07, 6.45) is 0. The number of nitrogens with one attached hydrogen (secondary N) is 1. The van der Waals surface area contributed by atoms with Crippen molar-refractivity contribution in [1.29, 1.82) is 0 Å². The van der Waals surface area contributed by atoms with E-state index < -0.39 is 11.4 Å². The first kappa shape index (κ1) is 23.9. The van der Waals surface area contributed by atoms with Gasteiger partial charge in [-0.05, 0) is 29.3 Å². The van der Waals surface area contributed by atoms with Crippen molar-refractivity contribution in [3.8, 4) is 11.6 Å². The maximum Gasteiger partial charge on any atom is 0.262 e. The van der Waals surface area contributed by atoms with E-state index in [0.29, 0.717) is 10.7 Å². The minimum absolute atomic E-state index is 0.0343. The average molecular weight is 512 g/mol.